The molecule has 2 aromatic carbocycles. The van der Waals surface area contributed by atoms with Crippen LogP contribution in [-0.4, -0.2) is 42.1 Å². The van der Waals surface area contributed by atoms with Crippen LogP contribution in [0.15, 0.2) is 35.2 Å². The molecule has 4 atom stereocenters. The number of hydrogen-bond donors (Lipinski definition) is 3. The van der Waals surface area contributed by atoms with Gasteiger partial charge in [0.05, 0.1) is 30.1 Å². The van der Waals surface area contributed by atoms with E-state index in [-0.39, 0.29) is 41.0 Å². The lowest BCUT2D eigenvalue weighted by molar-refractivity contribution is -0.150. The van der Waals surface area contributed by atoms with Gasteiger partial charge in [-0.1, -0.05) is 19.4 Å². The third-order valence-electron chi connectivity index (χ3n) is 9.48. The second-order valence-corrected chi connectivity index (χ2v) is 15.0. The number of anilines is 1. The number of carbonyl (C=O) groups is 3. The minimum atomic E-state index is -10.4. The molecule has 3 saturated carbocycles. The number of benzene rings is 2. The zero-order valence-corrected chi connectivity index (χ0v) is 25.6. The van der Waals surface area contributed by atoms with E-state index < -0.39 is 73.7 Å². The number of methoxy groups -OCH3 is 1. The van der Waals surface area contributed by atoms with E-state index in [1.807, 2.05) is 0 Å². The molecule has 0 aromatic heterocycles. The van der Waals surface area contributed by atoms with Crippen LogP contribution < -0.4 is 20.1 Å². The van der Waals surface area contributed by atoms with Crippen LogP contribution in [0, 0.1) is 34.8 Å². The summed E-state index contributed by atoms with van der Waals surface area (Å²) in [6, 6.07) is 2.09. The first kappa shape index (κ1) is 33.7. The lowest BCUT2D eigenvalue weighted by Crippen LogP contribution is -2.48. The Bertz CT molecular complexity index is 1580. The van der Waals surface area contributed by atoms with E-state index in [4.69, 9.17) is 9.47 Å². The molecule has 3 aliphatic rings. The first-order valence-corrected chi connectivity index (χ1v) is 16.6. The summed E-state index contributed by atoms with van der Waals surface area (Å²) >= 11 is 0. The van der Waals surface area contributed by atoms with E-state index in [0.717, 1.165) is 18.2 Å². The van der Waals surface area contributed by atoms with Crippen molar-refractivity contribution in [1.29, 1.82) is 0 Å². The van der Waals surface area contributed by atoms with E-state index >= 15 is 0 Å². The maximum atomic E-state index is 15.0. The predicted octanol–water partition coefficient (Wildman–Crippen LogP) is 7.83. The SMILES string of the molecule is COc1cc(F)c(OC2CCC(C)(C(=O)O)CC2)cc1C(=O)N[C@@H]1[C@@H]2CC[C@@H](C2)[C@@H]1C(=O)Nc1ccc(F)c(S(F)(F)(F)(F)F)c1. The Labute approximate surface area is 259 Å². The van der Waals surface area contributed by atoms with E-state index in [9.17, 15) is 47.7 Å². The minimum absolute atomic E-state index is 0.119. The van der Waals surface area contributed by atoms with Gasteiger partial charge in [0.2, 0.25) is 5.91 Å². The first-order valence-electron chi connectivity index (χ1n) is 14.6. The molecule has 0 radical (unpaired) electrons. The molecule has 5 rings (SSSR count). The van der Waals surface area contributed by atoms with Crippen molar-refractivity contribution in [3.05, 3.63) is 47.5 Å². The molecule has 3 N–H and O–H groups in total. The summed E-state index contributed by atoms with van der Waals surface area (Å²) in [5.74, 6) is -7.32. The average molecular weight is 683 g/mol. The van der Waals surface area contributed by atoms with E-state index in [1.165, 1.54) is 7.11 Å². The standard InChI is InChI=1S/C30H33F7N2O6S/c1-30(29(42)43)9-7-18(8-10-30)45-23-13-19(22(44-2)14-21(23)32)27(40)39-26-16-4-3-15(11-16)25(26)28(41)38-17-5-6-20(31)24(12-17)46(33,34,35,36)37/h5-6,12-16,18,25-26H,3-4,7-11H2,1-2H3,(H,38,41)(H,39,40)(H,42,43)/t15-,16+,18?,25-,26+,30?/m0/s1. The number of carbonyl (C=O) groups excluding carboxylic acids is 2. The number of fused-ring (bicyclic) bond motifs is 2. The Kier molecular flexibility index (Phi) is 8.01. The number of ether oxygens (including phenoxy) is 2. The molecule has 2 aromatic rings. The zero-order valence-electron chi connectivity index (χ0n) is 24.8. The predicted molar refractivity (Wildman–Crippen MR) is 154 cm³/mol. The van der Waals surface area contributed by atoms with Crippen LogP contribution in [0.3, 0.4) is 0 Å². The molecule has 46 heavy (non-hydrogen) atoms. The minimum Gasteiger partial charge on any atom is -0.496 e. The van der Waals surface area contributed by atoms with Gasteiger partial charge in [-0.3, -0.25) is 14.4 Å². The molecule has 2 bridgehead atoms. The number of carboxylic acid groups (broad SMARTS) is 1. The van der Waals surface area contributed by atoms with Crippen molar-refractivity contribution >= 4 is 33.7 Å². The van der Waals surface area contributed by atoms with Gasteiger partial charge in [0.1, 0.15) is 16.5 Å². The molecule has 2 amide bonds. The van der Waals surface area contributed by atoms with Crippen LogP contribution >= 0.6 is 10.2 Å². The van der Waals surface area contributed by atoms with Crippen molar-refractivity contribution in [2.75, 3.05) is 12.4 Å². The maximum Gasteiger partial charge on any atom is 0.313 e. The number of halogens is 7. The summed E-state index contributed by atoms with van der Waals surface area (Å²) in [5.41, 5.74) is -1.72. The molecule has 16 heteroatoms. The average Bonchev–Trinajstić information content (AvgIpc) is 3.56. The quantitative estimate of drug-likeness (QED) is 0.233. The van der Waals surface area contributed by atoms with Gasteiger partial charge in [-0.25, -0.2) is 8.78 Å². The number of aliphatic carboxylic acids is 1. The van der Waals surface area contributed by atoms with E-state index in [1.54, 1.807) is 6.92 Å². The van der Waals surface area contributed by atoms with E-state index in [0.29, 0.717) is 44.9 Å². The lowest BCUT2D eigenvalue weighted by Gasteiger charge is -2.40. The van der Waals surface area contributed by atoms with Crippen LogP contribution in [0.2, 0.25) is 0 Å². The number of nitrogens with one attached hydrogen (secondary N) is 2. The van der Waals surface area contributed by atoms with Crippen molar-refractivity contribution < 1.29 is 57.2 Å². The molecule has 0 saturated heterocycles. The molecule has 254 valence electrons. The smallest absolute Gasteiger partial charge is 0.313 e. The van der Waals surface area contributed by atoms with E-state index in [2.05, 4.69) is 10.6 Å². The molecular weight excluding hydrogens is 649 g/mol. The highest BCUT2D eigenvalue weighted by Gasteiger charge is 2.67. The second-order valence-electron chi connectivity index (χ2n) is 12.6. The molecular formula is C30H33F7N2O6S. The van der Waals surface area contributed by atoms with Gasteiger partial charge >= 0.3 is 16.2 Å². The molecule has 8 nitrogen and oxygen atoms in total. The fraction of sp³-hybridized carbons (Fsp3) is 0.500. The normalized spacial score (nSPS) is 28.9. The molecule has 0 heterocycles. The van der Waals surface area contributed by atoms with Gasteiger partial charge in [-0.15, -0.1) is 0 Å². The largest absolute Gasteiger partial charge is 0.496 e. The van der Waals surface area contributed by atoms with Crippen molar-refractivity contribution in [1.82, 2.24) is 5.32 Å². The second kappa shape index (κ2) is 10.9. The Morgan fingerprint density at radius 3 is 2.17 bits per heavy atom. The highest BCUT2D eigenvalue weighted by Crippen LogP contribution is 3.02. The number of carboxylic acids is 1. The Morgan fingerprint density at radius 1 is 0.913 bits per heavy atom. The summed E-state index contributed by atoms with van der Waals surface area (Å²) in [6.07, 6.45) is 2.53. The van der Waals surface area contributed by atoms with Crippen LogP contribution in [0.4, 0.5) is 33.9 Å². The summed E-state index contributed by atoms with van der Waals surface area (Å²) < 4.78 is 107. The van der Waals surface area contributed by atoms with Crippen LogP contribution in [0.25, 0.3) is 0 Å². The molecule has 0 spiro atoms. The number of hydrogen-bond acceptors (Lipinski definition) is 5. The fourth-order valence-electron chi connectivity index (χ4n) is 6.92. The maximum absolute atomic E-state index is 15.0. The summed E-state index contributed by atoms with van der Waals surface area (Å²) in [5, 5.41) is 14.4. The van der Waals surface area contributed by atoms with Crippen molar-refractivity contribution in [2.24, 2.45) is 23.2 Å². The first-order chi connectivity index (χ1) is 21.2. The van der Waals surface area contributed by atoms with Crippen molar-refractivity contribution in [2.45, 2.75) is 68.9 Å². The zero-order chi connectivity index (χ0) is 33.9. The Balaban J connectivity index is 1.34. The highest BCUT2D eigenvalue weighted by molar-refractivity contribution is 8.45. The number of rotatable bonds is 9. The number of amides is 2. The Hall–Kier alpha value is -3.69. The third kappa shape index (κ3) is 6.72. The highest BCUT2D eigenvalue weighted by atomic mass is 32.5. The fourth-order valence-corrected chi connectivity index (χ4v) is 7.71. The van der Waals surface area contributed by atoms with Gasteiger partial charge in [0, 0.05) is 17.8 Å². The topological polar surface area (TPSA) is 114 Å². The summed E-state index contributed by atoms with van der Waals surface area (Å²) in [7, 11) is -9.18. The van der Waals surface area contributed by atoms with Crippen molar-refractivity contribution in [3.63, 3.8) is 0 Å². The van der Waals surface area contributed by atoms with Crippen LogP contribution in [0.5, 0.6) is 11.5 Å². The lowest BCUT2D eigenvalue weighted by atomic mass is 9.75. The third-order valence-corrected chi connectivity index (χ3v) is 10.6. The van der Waals surface area contributed by atoms with Gasteiger partial charge < -0.3 is 25.2 Å². The summed E-state index contributed by atoms with van der Waals surface area (Å²) in [6.45, 7) is 1.63. The molecule has 0 aliphatic heterocycles. The van der Waals surface area contributed by atoms with Gasteiger partial charge in [-0.05, 0) is 88.0 Å². The molecule has 3 fully saturated rings. The van der Waals surface area contributed by atoms with Gasteiger partial charge in [-0.2, -0.15) is 0 Å². The Morgan fingerprint density at radius 2 is 1.57 bits per heavy atom. The van der Waals surface area contributed by atoms with Crippen LogP contribution in [-0.2, 0) is 9.59 Å². The van der Waals surface area contributed by atoms with Crippen molar-refractivity contribution in [3.8, 4) is 11.5 Å². The van der Waals surface area contributed by atoms with Gasteiger partial charge in [0.15, 0.2) is 11.6 Å². The van der Waals surface area contributed by atoms with Crippen LogP contribution in [0.1, 0.15) is 62.2 Å². The molecule has 3 aliphatic carbocycles. The molecule has 0 unspecified atom stereocenters. The summed E-state index contributed by atoms with van der Waals surface area (Å²) in [4.78, 5) is 35.7. The monoisotopic (exact) mass is 682 g/mol. The van der Waals surface area contributed by atoms with Gasteiger partial charge in [0.25, 0.3) is 5.91 Å².